The number of nitrogens with zero attached hydrogens (tertiary/aromatic N) is 1. The molecule has 1 aromatic carbocycles. The molecule has 0 spiro atoms. The molecule has 0 unspecified atom stereocenters. The van der Waals surface area contributed by atoms with Crippen LogP contribution in [0.2, 0.25) is 0 Å². The second-order valence-electron chi connectivity index (χ2n) is 5.66. The van der Waals surface area contributed by atoms with Gasteiger partial charge in [-0.15, -0.1) is 0 Å². The maximum atomic E-state index is 12.3. The quantitative estimate of drug-likeness (QED) is 0.873. The number of benzene rings is 1. The molecule has 3 rings (SSSR count). The van der Waals surface area contributed by atoms with E-state index >= 15 is 0 Å². The Morgan fingerprint density at radius 1 is 1.29 bits per heavy atom. The number of ether oxygens (including phenoxy) is 2. The molecule has 5 nitrogen and oxygen atoms in total. The first kappa shape index (κ1) is 17.0. The molecular weight excluding hydrogens is 324 g/mol. The summed E-state index contributed by atoms with van der Waals surface area (Å²) in [5, 5.41) is 6.85. The largest absolute Gasteiger partial charge is 0.497 e. The summed E-state index contributed by atoms with van der Waals surface area (Å²) in [6.07, 6.45) is 0. The third kappa shape index (κ3) is 4.14. The maximum absolute atomic E-state index is 12.3. The molecule has 1 aromatic heterocycles. The van der Waals surface area contributed by atoms with Gasteiger partial charge in [-0.2, -0.15) is 11.3 Å². The Morgan fingerprint density at radius 3 is 2.67 bits per heavy atom. The third-order valence-electron chi connectivity index (χ3n) is 4.23. The van der Waals surface area contributed by atoms with Crippen molar-refractivity contribution in [1.29, 1.82) is 0 Å². The topological polar surface area (TPSA) is 50.8 Å². The van der Waals surface area contributed by atoms with E-state index in [4.69, 9.17) is 9.47 Å². The fourth-order valence-electron chi connectivity index (χ4n) is 2.86. The van der Waals surface area contributed by atoms with Gasteiger partial charge in [-0.1, -0.05) is 12.1 Å². The van der Waals surface area contributed by atoms with Gasteiger partial charge in [0.05, 0.1) is 26.4 Å². The van der Waals surface area contributed by atoms with Gasteiger partial charge in [0.25, 0.3) is 5.91 Å². The summed E-state index contributed by atoms with van der Waals surface area (Å²) in [6.45, 7) is 3.76. The molecule has 1 atom stereocenters. The van der Waals surface area contributed by atoms with Crippen molar-refractivity contribution in [1.82, 2.24) is 10.2 Å². The standard InChI is InChI=1S/C18H22N2O3S/c1-22-16-4-2-14(3-5-16)17(20-7-9-23-10-8-20)12-19-18(21)15-6-11-24-13-15/h2-6,11,13,17H,7-10,12H2,1H3,(H,19,21)/t17-/m0/s1. The van der Waals surface area contributed by atoms with E-state index in [1.54, 1.807) is 7.11 Å². The monoisotopic (exact) mass is 346 g/mol. The molecule has 0 radical (unpaired) electrons. The van der Waals surface area contributed by atoms with Gasteiger partial charge in [0.15, 0.2) is 0 Å². The van der Waals surface area contributed by atoms with Crippen molar-refractivity contribution in [2.45, 2.75) is 6.04 Å². The Labute approximate surface area is 146 Å². The normalized spacial score (nSPS) is 16.5. The number of hydrogen-bond acceptors (Lipinski definition) is 5. The van der Waals surface area contributed by atoms with Crippen molar-refractivity contribution in [2.75, 3.05) is 40.0 Å². The average Bonchev–Trinajstić information content (AvgIpc) is 3.18. The van der Waals surface area contributed by atoms with Crippen molar-refractivity contribution in [3.05, 3.63) is 52.2 Å². The van der Waals surface area contributed by atoms with E-state index in [-0.39, 0.29) is 11.9 Å². The van der Waals surface area contributed by atoms with Gasteiger partial charge in [0.2, 0.25) is 0 Å². The zero-order valence-electron chi connectivity index (χ0n) is 13.7. The molecule has 1 amide bonds. The minimum atomic E-state index is -0.0250. The van der Waals surface area contributed by atoms with Crippen LogP contribution in [-0.4, -0.2) is 50.8 Å². The van der Waals surface area contributed by atoms with Crippen LogP contribution >= 0.6 is 11.3 Å². The molecular formula is C18H22N2O3S. The second-order valence-corrected chi connectivity index (χ2v) is 6.44. The Balaban J connectivity index is 1.72. The van der Waals surface area contributed by atoms with Crippen LogP contribution in [0.4, 0.5) is 0 Å². The number of carbonyl (C=O) groups excluding carboxylic acids is 1. The number of rotatable bonds is 6. The summed E-state index contributed by atoms with van der Waals surface area (Å²) in [4.78, 5) is 14.6. The molecule has 128 valence electrons. The van der Waals surface area contributed by atoms with Gasteiger partial charge in [0.1, 0.15) is 5.75 Å². The number of amides is 1. The van der Waals surface area contributed by atoms with Crippen LogP contribution in [0.15, 0.2) is 41.1 Å². The van der Waals surface area contributed by atoms with Gasteiger partial charge < -0.3 is 14.8 Å². The van der Waals surface area contributed by atoms with Gasteiger partial charge >= 0.3 is 0 Å². The SMILES string of the molecule is COc1ccc([C@H](CNC(=O)c2ccsc2)N2CCOCC2)cc1. The molecule has 0 aliphatic carbocycles. The highest BCUT2D eigenvalue weighted by molar-refractivity contribution is 7.08. The van der Waals surface area contributed by atoms with Crippen molar-refractivity contribution in [3.8, 4) is 5.75 Å². The molecule has 24 heavy (non-hydrogen) atoms. The lowest BCUT2D eigenvalue weighted by Crippen LogP contribution is -2.43. The van der Waals surface area contributed by atoms with Crippen LogP contribution in [0, 0.1) is 0 Å². The first-order valence-electron chi connectivity index (χ1n) is 8.04. The van der Waals surface area contributed by atoms with Crippen LogP contribution in [-0.2, 0) is 4.74 Å². The Bertz CT molecular complexity index is 637. The summed E-state index contributed by atoms with van der Waals surface area (Å²) in [7, 11) is 1.66. The first-order chi connectivity index (χ1) is 11.8. The van der Waals surface area contributed by atoms with Crippen molar-refractivity contribution in [3.63, 3.8) is 0 Å². The van der Waals surface area contributed by atoms with Crippen LogP contribution < -0.4 is 10.1 Å². The number of methoxy groups -OCH3 is 1. The van der Waals surface area contributed by atoms with E-state index in [1.165, 1.54) is 16.9 Å². The number of morpholine rings is 1. The van der Waals surface area contributed by atoms with Crippen LogP contribution in [0.25, 0.3) is 0 Å². The molecule has 1 saturated heterocycles. The van der Waals surface area contributed by atoms with E-state index < -0.39 is 0 Å². The summed E-state index contributed by atoms with van der Waals surface area (Å²) in [5.41, 5.74) is 1.89. The maximum Gasteiger partial charge on any atom is 0.252 e. The third-order valence-corrected chi connectivity index (χ3v) is 4.91. The molecule has 6 heteroatoms. The number of nitrogens with one attached hydrogen (secondary N) is 1. The van der Waals surface area contributed by atoms with Gasteiger partial charge in [0, 0.05) is 30.6 Å². The highest BCUT2D eigenvalue weighted by Gasteiger charge is 2.23. The Morgan fingerprint density at radius 2 is 2.04 bits per heavy atom. The zero-order chi connectivity index (χ0) is 16.8. The van der Waals surface area contributed by atoms with E-state index in [9.17, 15) is 4.79 Å². The second kappa shape index (κ2) is 8.28. The lowest BCUT2D eigenvalue weighted by Gasteiger charge is -2.35. The van der Waals surface area contributed by atoms with E-state index in [0.717, 1.165) is 37.6 Å². The molecule has 0 bridgehead atoms. The molecule has 1 fully saturated rings. The van der Waals surface area contributed by atoms with Gasteiger partial charge in [-0.25, -0.2) is 0 Å². The zero-order valence-corrected chi connectivity index (χ0v) is 14.6. The molecule has 0 saturated carbocycles. The van der Waals surface area contributed by atoms with Gasteiger partial charge in [-0.3, -0.25) is 9.69 Å². The van der Waals surface area contributed by atoms with Crippen LogP contribution in [0.1, 0.15) is 22.0 Å². The molecule has 2 aromatic rings. The minimum Gasteiger partial charge on any atom is -0.497 e. The number of hydrogen-bond donors (Lipinski definition) is 1. The fourth-order valence-corrected chi connectivity index (χ4v) is 3.49. The Hall–Kier alpha value is -1.89. The highest BCUT2D eigenvalue weighted by Crippen LogP contribution is 2.23. The predicted molar refractivity (Wildman–Crippen MR) is 94.8 cm³/mol. The summed E-state index contributed by atoms with van der Waals surface area (Å²) < 4.78 is 10.7. The predicted octanol–water partition coefficient (Wildman–Crippen LogP) is 2.56. The lowest BCUT2D eigenvalue weighted by molar-refractivity contribution is 0.0162. The molecule has 1 N–H and O–H groups in total. The fraction of sp³-hybridized carbons (Fsp3) is 0.389. The number of carbonyl (C=O) groups is 1. The van der Waals surface area contributed by atoms with Crippen LogP contribution in [0.3, 0.4) is 0 Å². The van der Waals surface area contributed by atoms with Crippen molar-refractivity contribution < 1.29 is 14.3 Å². The smallest absolute Gasteiger partial charge is 0.252 e. The molecule has 2 heterocycles. The van der Waals surface area contributed by atoms with E-state index in [0.29, 0.717) is 6.54 Å². The minimum absolute atomic E-state index is 0.0250. The lowest BCUT2D eigenvalue weighted by atomic mass is 10.0. The van der Waals surface area contributed by atoms with Crippen molar-refractivity contribution >= 4 is 17.2 Å². The molecule has 1 aliphatic heterocycles. The summed E-state index contributed by atoms with van der Waals surface area (Å²) >= 11 is 1.53. The van der Waals surface area contributed by atoms with Crippen LogP contribution in [0.5, 0.6) is 5.75 Å². The van der Waals surface area contributed by atoms with E-state index in [1.807, 2.05) is 29.0 Å². The first-order valence-corrected chi connectivity index (χ1v) is 8.98. The highest BCUT2D eigenvalue weighted by atomic mass is 32.1. The number of thiophene rings is 1. The average molecular weight is 346 g/mol. The summed E-state index contributed by atoms with van der Waals surface area (Å²) in [5.74, 6) is 0.810. The van der Waals surface area contributed by atoms with Crippen molar-refractivity contribution in [2.24, 2.45) is 0 Å². The summed E-state index contributed by atoms with van der Waals surface area (Å²) in [6, 6.07) is 10.0. The Kier molecular flexibility index (Phi) is 5.85. The van der Waals surface area contributed by atoms with E-state index in [2.05, 4.69) is 22.3 Å². The van der Waals surface area contributed by atoms with Gasteiger partial charge in [-0.05, 0) is 29.1 Å². The molecule has 1 aliphatic rings.